The van der Waals surface area contributed by atoms with Gasteiger partial charge in [-0.2, -0.15) is 0 Å². The molecular weight excluding hydrogens is 242 g/mol. The van der Waals surface area contributed by atoms with Crippen molar-refractivity contribution in [2.24, 2.45) is 0 Å². The Morgan fingerprint density at radius 2 is 1.58 bits per heavy atom. The summed E-state index contributed by atoms with van der Waals surface area (Å²) in [6.45, 7) is 6.20. The van der Waals surface area contributed by atoms with Crippen molar-refractivity contribution in [3.63, 3.8) is 0 Å². The van der Waals surface area contributed by atoms with Gasteiger partial charge in [0.15, 0.2) is 0 Å². The summed E-state index contributed by atoms with van der Waals surface area (Å²) >= 11 is 0. The van der Waals surface area contributed by atoms with E-state index in [-0.39, 0.29) is 11.8 Å². The molecule has 1 rings (SSSR count). The van der Waals surface area contributed by atoms with Crippen LogP contribution in [-0.2, 0) is 9.59 Å². The Kier molecular flexibility index (Phi) is 6.02. The van der Waals surface area contributed by atoms with E-state index in [4.69, 9.17) is 0 Å². The summed E-state index contributed by atoms with van der Waals surface area (Å²) in [6, 6.07) is 7.41. The quantitative estimate of drug-likeness (QED) is 0.735. The van der Waals surface area contributed by atoms with Crippen LogP contribution in [0.3, 0.4) is 0 Å². The molecule has 0 unspecified atom stereocenters. The fraction of sp³-hybridized carbons (Fsp3) is 0.429. The van der Waals surface area contributed by atoms with Crippen LogP contribution in [0.2, 0.25) is 0 Å². The molecule has 0 atom stereocenters. The minimum atomic E-state index is -0.114. The number of rotatable bonds is 6. The summed E-state index contributed by atoms with van der Waals surface area (Å²) in [5, 5.41) is 8.66. The summed E-state index contributed by atoms with van der Waals surface area (Å²) in [6.07, 6.45) is 0.436. The lowest BCUT2D eigenvalue weighted by Gasteiger charge is -2.09. The fourth-order valence-corrected chi connectivity index (χ4v) is 1.54. The van der Waals surface area contributed by atoms with Gasteiger partial charge in [-0.05, 0) is 24.3 Å². The molecule has 0 fully saturated rings. The Bertz CT molecular complexity index is 427. The van der Waals surface area contributed by atoms with Gasteiger partial charge in [0.05, 0.1) is 0 Å². The molecule has 0 aromatic heterocycles. The van der Waals surface area contributed by atoms with E-state index in [1.165, 1.54) is 6.92 Å². The number of hydrogen-bond donors (Lipinski definition) is 3. The second-order valence-corrected chi connectivity index (χ2v) is 4.67. The Labute approximate surface area is 113 Å². The van der Waals surface area contributed by atoms with E-state index in [0.717, 1.165) is 5.69 Å². The fourth-order valence-electron chi connectivity index (χ4n) is 1.54. The highest BCUT2D eigenvalue weighted by molar-refractivity contribution is 5.92. The maximum atomic E-state index is 11.6. The second kappa shape index (κ2) is 7.53. The van der Waals surface area contributed by atoms with Crippen LogP contribution in [0.4, 0.5) is 11.4 Å². The summed E-state index contributed by atoms with van der Waals surface area (Å²) in [4.78, 5) is 22.5. The number of amides is 2. The van der Waals surface area contributed by atoms with Crippen LogP contribution in [0.5, 0.6) is 0 Å². The Morgan fingerprint density at radius 1 is 1.05 bits per heavy atom. The van der Waals surface area contributed by atoms with Crippen molar-refractivity contribution >= 4 is 23.2 Å². The Hall–Kier alpha value is -1.88. The van der Waals surface area contributed by atoms with E-state index in [9.17, 15) is 9.59 Å². The van der Waals surface area contributed by atoms with Crippen LogP contribution in [0, 0.1) is 0 Å². The third kappa shape index (κ3) is 6.57. The molecule has 0 saturated carbocycles. The van der Waals surface area contributed by atoms with Crippen molar-refractivity contribution in [1.29, 1.82) is 0 Å². The highest BCUT2D eigenvalue weighted by atomic mass is 16.2. The van der Waals surface area contributed by atoms with Gasteiger partial charge >= 0.3 is 0 Å². The predicted octanol–water partition coefficient (Wildman–Crippen LogP) is 1.97. The second-order valence-electron chi connectivity index (χ2n) is 4.67. The van der Waals surface area contributed by atoms with Gasteiger partial charge in [-0.1, -0.05) is 13.8 Å². The number of hydrogen-bond acceptors (Lipinski definition) is 3. The third-order valence-electron chi connectivity index (χ3n) is 2.39. The Balaban J connectivity index is 2.40. The molecule has 0 saturated heterocycles. The number of anilines is 2. The largest absolute Gasteiger partial charge is 0.326 e. The lowest BCUT2D eigenvalue weighted by molar-refractivity contribution is -0.116. The number of benzene rings is 1. The molecule has 5 nitrogen and oxygen atoms in total. The summed E-state index contributed by atoms with van der Waals surface area (Å²) in [5.74, 6) is -0.142. The lowest BCUT2D eigenvalue weighted by atomic mass is 10.2. The monoisotopic (exact) mass is 263 g/mol. The summed E-state index contributed by atoms with van der Waals surface area (Å²) in [7, 11) is 0. The molecule has 3 N–H and O–H groups in total. The zero-order valence-electron chi connectivity index (χ0n) is 11.6. The maximum absolute atomic E-state index is 11.6. The van der Waals surface area contributed by atoms with Crippen LogP contribution >= 0.6 is 0 Å². The van der Waals surface area contributed by atoms with Gasteiger partial charge in [0.2, 0.25) is 11.8 Å². The van der Waals surface area contributed by atoms with E-state index in [2.05, 4.69) is 16.0 Å². The third-order valence-corrected chi connectivity index (χ3v) is 2.39. The van der Waals surface area contributed by atoms with E-state index in [1.54, 1.807) is 24.3 Å². The SMILES string of the molecule is CC(=O)Nc1ccc(NC(=O)CCNC(C)C)cc1. The predicted molar refractivity (Wildman–Crippen MR) is 77.1 cm³/mol. The molecule has 5 heteroatoms. The smallest absolute Gasteiger partial charge is 0.225 e. The molecule has 0 aliphatic rings. The molecule has 0 spiro atoms. The molecule has 0 aliphatic heterocycles. The van der Waals surface area contributed by atoms with E-state index in [0.29, 0.717) is 24.7 Å². The van der Waals surface area contributed by atoms with E-state index >= 15 is 0 Å². The van der Waals surface area contributed by atoms with Gasteiger partial charge in [0.1, 0.15) is 0 Å². The maximum Gasteiger partial charge on any atom is 0.225 e. The first-order valence-corrected chi connectivity index (χ1v) is 6.38. The average Bonchev–Trinajstić information content (AvgIpc) is 2.30. The van der Waals surface area contributed by atoms with Crippen molar-refractivity contribution < 1.29 is 9.59 Å². The molecule has 0 aliphatic carbocycles. The highest BCUT2D eigenvalue weighted by Gasteiger charge is 2.03. The molecule has 0 radical (unpaired) electrons. The molecule has 104 valence electrons. The first-order valence-electron chi connectivity index (χ1n) is 6.38. The van der Waals surface area contributed by atoms with Gasteiger partial charge in [-0.25, -0.2) is 0 Å². The zero-order chi connectivity index (χ0) is 14.3. The normalized spacial score (nSPS) is 10.3. The zero-order valence-corrected chi connectivity index (χ0v) is 11.6. The molecule has 1 aromatic rings. The average molecular weight is 263 g/mol. The first kappa shape index (κ1) is 15.2. The van der Waals surface area contributed by atoms with Crippen LogP contribution in [0.1, 0.15) is 27.2 Å². The van der Waals surface area contributed by atoms with Gasteiger partial charge in [0.25, 0.3) is 0 Å². The van der Waals surface area contributed by atoms with Crippen LogP contribution in [-0.4, -0.2) is 24.4 Å². The number of carbonyl (C=O) groups is 2. The minimum absolute atomic E-state index is 0.0274. The number of carbonyl (C=O) groups excluding carboxylic acids is 2. The van der Waals surface area contributed by atoms with Crippen LogP contribution < -0.4 is 16.0 Å². The molecule has 0 heterocycles. The summed E-state index contributed by atoms with van der Waals surface area (Å²) in [5.41, 5.74) is 1.44. The lowest BCUT2D eigenvalue weighted by Crippen LogP contribution is -2.27. The minimum Gasteiger partial charge on any atom is -0.326 e. The van der Waals surface area contributed by atoms with Crippen molar-refractivity contribution in [2.45, 2.75) is 33.2 Å². The summed E-state index contributed by atoms with van der Waals surface area (Å²) < 4.78 is 0. The van der Waals surface area contributed by atoms with E-state index in [1.807, 2.05) is 13.8 Å². The molecular formula is C14H21N3O2. The van der Waals surface area contributed by atoms with Gasteiger partial charge in [-0.15, -0.1) is 0 Å². The Morgan fingerprint density at radius 3 is 2.05 bits per heavy atom. The van der Waals surface area contributed by atoms with Gasteiger partial charge in [0, 0.05) is 37.3 Å². The number of nitrogens with one attached hydrogen (secondary N) is 3. The van der Waals surface area contributed by atoms with Gasteiger partial charge < -0.3 is 16.0 Å². The highest BCUT2D eigenvalue weighted by Crippen LogP contribution is 2.13. The molecule has 2 amide bonds. The standard InChI is InChI=1S/C14H21N3O2/c1-10(2)15-9-8-14(19)17-13-6-4-12(5-7-13)16-11(3)18/h4-7,10,15H,8-9H2,1-3H3,(H,16,18)(H,17,19). The topological polar surface area (TPSA) is 70.2 Å². The molecule has 1 aromatic carbocycles. The van der Waals surface area contributed by atoms with Crippen LogP contribution in [0.15, 0.2) is 24.3 Å². The molecule has 0 bridgehead atoms. The van der Waals surface area contributed by atoms with Gasteiger partial charge in [-0.3, -0.25) is 9.59 Å². The van der Waals surface area contributed by atoms with Crippen LogP contribution in [0.25, 0.3) is 0 Å². The first-order chi connectivity index (χ1) is 8.97. The van der Waals surface area contributed by atoms with Crippen molar-refractivity contribution in [1.82, 2.24) is 5.32 Å². The van der Waals surface area contributed by atoms with Crippen molar-refractivity contribution in [2.75, 3.05) is 17.2 Å². The van der Waals surface area contributed by atoms with Crippen molar-refractivity contribution in [3.05, 3.63) is 24.3 Å². The molecule has 19 heavy (non-hydrogen) atoms. The van der Waals surface area contributed by atoms with E-state index < -0.39 is 0 Å². The van der Waals surface area contributed by atoms with Crippen molar-refractivity contribution in [3.8, 4) is 0 Å².